The summed E-state index contributed by atoms with van der Waals surface area (Å²) >= 11 is 7.66. The molecule has 0 bridgehead atoms. The van der Waals surface area contributed by atoms with Gasteiger partial charge in [0, 0.05) is 12.7 Å². The van der Waals surface area contributed by atoms with E-state index in [9.17, 15) is 4.79 Å². The Labute approximate surface area is 153 Å². The van der Waals surface area contributed by atoms with E-state index in [-0.39, 0.29) is 17.8 Å². The van der Waals surface area contributed by atoms with E-state index in [2.05, 4.69) is 10.1 Å². The summed E-state index contributed by atoms with van der Waals surface area (Å²) in [7, 11) is 0. The highest BCUT2D eigenvalue weighted by Gasteiger charge is 2.29. The third kappa shape index (κ3) is 3.27. The number of anilines is 1. The maximum atomic E-state index is 13.0. The first-order valence-electron chi connectivity index (χ1n) is 8.03. The first-order chi connectivity index (χ1) is 12.1. The predicted molar refractivity (Wildman–Crippen MR) is 96.5 cm³/mol. The van der Waals surface area contributed by atoms with E-state index in [0.29, 0.717) is 27.9 Å². The zero-order valence-corrected chi connectivity index (χ0v) is 15.1. The summed E-state index contributed by atoms with van der Waals surface area (Å²) in [6.45, 7) is 2.93. The van der Waals surface area contributed by atoms with Crippen LogP contribution in [-0.4, -0.2) is 35.3 Å². The monoisotopic (exact) mass is 377 g/mol. The fourth-order valence-electron chi connectivity index (χ4n) is 2.86. The van der Waals surface area contributed by atoms with Crippen LogP contribution in [0.2, 0.25) is 5.02 Å². The van der Waals surface area contributed by atoms with Crippen molar-refractivity contribution in [1.29, 1.82) is 0 Å². The number of aromatic nitrogens is 2. The molecule has 3 aromatic rings. The lowest BCUT2D eigenvalue weighted by Gasteiger charge is -2.21. The molecular weight excluding hydrogens is 362 g/mol. The molecule has 0 saturated carbocycles. The summed E-state index contributed by atoms with van der Waals surface area (Å²) in [5.74, 6) is -0.0767. The maximum absolute atomic E-state index is 13.0. The van der Waals surface area contributed by atoms with Gasteiger partial charge in [-0.1, -0.05) is 34.2 Å². The molecule has 0 unspecified atom stereocenters. The van der Waals surface area contributed by atoms with Crippen molar-refractivity contribution >= 4 is 44.2 Å². The molecular formula is C17H16ClN3O3S. The van der Waals surface area contributed by atoms with Crippen LogP contribution in [0.1, 0.15) is 29.1 Å². The number of hydrogen-bond donors (Lipinski definition) is 0. The van der Waals surface area contributed by atoms with Crippen molar-refractivity contribution in [3.05, 3.63) is 40.7 Å². The first kappa shape index (κ1) is 16.5. The second kappa shape index (κ2) is 6.74. The van der Waals surface area contributed by atoms with Crippen LogP contribution in [0.4, 0.5) is 5.13 Å². The van der Waals surface area contributed by atoms with Gasteiger partial charge in [-0.15, -0.1) is 0 Å². The molecule has 2 aromatic heterocycles. The molecule has 25 heavy (non-hydrogen) atoms. The van der Waals surface area contributed by atoms with Crippen LogP contribution < -0.4 is 4.90 Å². The molecule has 0 N–H and O–H groups in total. The van der Waals surface area contributed by atoms with E-state index in [4.69, 9.17) is 20.9 Å². The quantitative estimate of drug-likeness (QED) is 0.685. The van der Waals surface area contributed by atoms with E-state index in [1.54, 1.807) is 24.0 Å². The maximum Gasteiger partial charge on any atom is 0.298 e. The number of benzene rings is 1. The second-order valence-electron chi connectivity index (χ2n) is 5.97. The van der Waals surface area contributed by atoms with Crippen molar-refractivity contribution in [3.63, 3.8) is 0 Å². The van der Waals surface area contributed by atoms with Crippen molar-refractivity contribution in [2.45, 2.75) is 25.9 Å². The Morgan fingerprint density at radius 2 is 2.36 bits per heavy atom. The van der Waals surface area contributed by atoms with Crippen LogP contribution in [0.5, 0.6) is 0 Å². The van der Waals surface area contributed by atoms with Gasteiger partial charge in [-0.2, -0.15) is 0 Å². The summed E-state index contributed by atoms with van der Waals surface area (Å²) in [5, 5.41) is 4.96. The summed E-state index contributed by atoms with van der Waals surface area (Å²) < 4.78 is 11.8. The molecule has 1 aromatic carbocycles. The number of para-hydroxylation sites is 1. The standard InChI is InChI=1S/C17H16ClN3O3S/c1-10-8-13(24-20-10)16(22)21(9-11-4-3-7-23-11)17-19-15-12(18)5-2-6-14(15)25-17/h2,5-6,8,11H,3-4,7,9H2,1H3/t11-/m0/s1. The van der Waals surface area contributed by atoms with E-state index < -0.39 is 0 Å². The molecule has 1 atom stereocenters. The van der Waals surface area contributed by atoms with Gasteiger partial charge in [-0.05, 0) is 31.9 Å². The Balaban J connectivity index is 1.72. The zero-order valence-electron chi connectivity index (χ0n) is 13.6. The Morgan fingerprint density at radius 1 is 1.48 bits per heavy atom. The van der Waals surface area contributed by atoms with Gasteiger partial charge >= 0.3 is 0 Å². The lowest BCUT2D eigenvalue weighted by Crippen LogP contribution is -2.37. The molecule has 1 fully saturated rings. The largest absolute Gasteiger partial charge is 0.376 e. The molecule has 1 aliphatic rings. The number of thiazole rings is 1. The average molecular weight is 378 g/mol. The molecule has 1 aliphatic heterocycles. The summed E-state index contributed by atoms with van der Waals surface area (Å²) in [6, 6.07) is 7.24. The molecule has 8 heteroatoms. The number of amides is 1. The van der Waals surface area contributed by atoms with Gasteiger partial charge < -0.3 is 9.26 Å². The molecule has 1 amide bonds. The van der Waals surface area contributed by atoms with Crippen molar-refractivity contribution in [2.24, 2.45) is 0 Å². The third-order valence-corrected chi connectivity index (χ3v) is 5.43. The number of hydrogen-bond acceptors (Lipinski definition) is 6. The van der Waals surface area contributed by atoms with Crippen LogP contribution in [0, 0.1) is 6.92 Å². The summed E-state index contributed by atoms with van der Waals surface area (Å²) in [4.78, 5) is 19.2. The third-order valence-electron chi connectivity index (χ3n) is 4.08. The second-order valence-corrected chi connectivity index (χ2v) is 7.38. The molecule has 0 aliphatic carbocycles. The predicted octanol–water partition coefficient (Wildman–Crippen LogP) is 4.07. The Kier molecular flexibility index (Phi) is 4.45. The number of ether oxygens (including phenoxy) is 1. The molecule has 130 valence electrons. The van der Waals surface area contributed by atoms with Crippen molar-refractivity contribution in [1.82, 2.24) is 10.1 Å². The highest BCUT2D eigenvalue weighted by atomic mass is 35.5. The molecule has 0 radical (unpaired) electrons. The van der Waals surface area contributed by atoms with Crippen LogP contribution in [0.3, 0.4) is 0 Å². The van der Waals surface area contributed by atoms with E-state index in [0.717, 1.165) is 24.1 Å². The minimum absolute atomic E-state index is 0.00421. The minimum Gasteiger partial charge on any atom is -0.376 e. The molecule has 1 saturated heterocycles. The van der Waals surface area contributed by atoms with Gasteiger partial charge in [-0.25, -0.2) is 4.98 Å². The van der Waals surface area contributed by atoms with Crippen LogP contribution in [-0.2, 0) is 4.74 Å². The van der Waals surface area contributed by atoms with Crippen LogP contribution in [0.25, 0.3) is 10.2 Å². The van der Waals surface area contributed by atoms with Crippen LogP contribution in [0.15, 0.2) is 28.8 Å². The number of aryl methyl sites for hydroxylation is 1. The van der Waals surface area contributed by atoms with E-state index in [1.165, 1.54) is 11.3 Å². The molecule has 6 nitrogen and oxygen atoms in total. The van der Waals surface area contributed by atoms with Gasteiger partial charge in [-0.3, -0.25) is 9.69 Å². The normalized spacial score (nSPS) is 17.3. The summed E-state index contributed by atoms with van der Waals surface area (Å²) in [6.07, 6.45) is 1.92. The number of carbonyl (C=O) groups is 1. The summed E-state index contributed by atoms with van der Waals surface area (Å²) in [5.41, 5.74) is 1.36. The van der Waals surface area contributed by atoms with Gasteiger partial charge in [0.15, 0.2) is 5.13 Å². The average Bonchev–Trinajstić information content (AvgIpc) is 3.32. The number of nitrogens with zero attached hydrogens (tertiary/aromatic N) is 3. The fraction of sp³-hybridized carbons (Fsp3) is 0.353. The van der Waals surface area contributed by atoms with Gasteiger partial charge in [0.05, 0.1) is 28.1 Å². The van der Waals surface area contributed by atoms with Crippen molar-refractivity contribution < 1.29 is 14.1 Å². The van der Waals surface area contributed by atoms with Crippen molar-refractivity contribution in [2.75, 3.05) is 18.1 Å². The molecule has 4 rings (SSSR count). The smallest absolute Gasteiger partial charge is 0.298 e. The van der Waals surface area contributed by atoms with Gasteiger partial charge in [0.25, 0.3) is 5.91 Å². The SMILES string of the molecule is Cc1cc(C(=O)N(C[C@@H]2CCCO2)c2nc3c(Cl)cccc3s2)on1. The molecule has 3 heterocycles. The zero-order chi connectivity index (χ0) is 17.4. The lowest BCUT2D eigenvalue weighted by molar-refractivity contribution is 0.0887. The topological polar surface area (TPSA) is 68.5 Å². The number of halogens is 1. The van der Waals surface area contributed by atoms with E-state index in [1.807, 2.05) is 12.1 Å². The van der Waals surface area contributed by atoms with Crippen molar-refractivity contribution in [3.8, 4) is 0 Å². The lowest BCUT2D eigenvalue weighted by atomic mass is 10.2. The first-order valence-corrected chi connectivity index (χ1v) is 9.23. The number of rotatable bonds is 4. The molecule has 0 spiro atoms. The minimum atomic E-state index is -0.272. The number of carbonyl (C=O) groups excluding carboxylic acids is 1. The Bertz CT molecular complexity index is 917. The van der Waals surface area contributed by atoms with E-state index >= 15 is 0 Å². The Morgan fingerprint density at radius 3 is 3.04 bits per heavy atom. The highest BCUT2D eigenvalue weighted by Crippen LogP contribution is 2.34. The number of fused-ring (bicyclic) bond motifs is 1. The van der Waals surface area contributed by atoms with Gasteiger partial charge in [0.2, 0.25) is 5.76 Å². The Hall–Kier alpha value is -1.96. The van der Waals surface area contributed by atoms with Crippen LogP contribution >= 0.6 is 22.9 Å². The fourth-order valence-corrected chi connectivity index (χ4v) is 4.13. The van der Waals surface area contributed by atoms with Gasteiger partial charge in [0.1, 0.15) is 5.52 Å². The highest BCUT2D eigenvalue weighted by molar-refractivity contribution is 7.22.